The number of nitro groups is 1. The van der Waals surface area contributed by atoms with Crippen LogP contribution < -0.4 is 0 Å². The Kier molecular flexibility index (Phi) is 1.78. The number of aromatic nitrogens is 2. The van der Waals surface area contributed by atoms with Gasteiger partial charge >= 0.3 is 5.69 Å². The van der Waals surface area contributed by atoms with Crippen LogP contribution in [0.5, 0.6) is 0 Å². The van der Waals surface area contributed by atoms with Gasteiger partial charge in [-0.2, -0.15) is 0 Å². The summed E-state index contributed by atoms with van der Waals surface area (Å²) < 4.78 is 0. The number of fused-ring (bicyclic) bond motifs is 1. The molecule has 1 N–H and O–H groups in total. The Balaban J connectivity index is 2.88. The second-order valence-corrected chi connectivity index (χ2v) is 3.05. The fraction of sp³-hybridized carbons (Fsp3) is 0. The molecule has 14 heavy (non-hydrogen) atoms. The summed E-state index contributed by atoms with van der Waals surface area (Å²) >= 11 is 5.63. The molecule has 0 amide bonds. The van der Waals surface area contributed by atoms with E-state index in [0.29, 0.717) is 10.2 Å². The van der Waals surface area contributed by atoms with Crippen LogP contribution in [-0.4, -0.2) is 20.1 Å². The van der Waals surface area contributed by atoms with Gasteiger partial charge in [0.15, 0.2) is 5.52 Å². The molecule has 1 aromatic carbocycles. The number of hydrogen-bond donors (Lipinski definition) is 1. The van der Waals surface area contributed by atoms with Crippen molar-refractivity contribution in [3.63, 3.8) is 0 Å². The van der Waals surface area contributed by atoms with E-state index >= 15 is 0 Å². The van der Waals surface area contributed by atoms with Crippen molar-refractivity contribution in [1.82, 2.24) is 9.94 Å². The smallest absolute Gasteiger partial charge is 0.315 e. The molecule has 1 aromatic heterocycles. The fourth-order valence-corrected chi connectivity index (χ4v) is 1.43. The Morgan fingerprint density at radius 1 is 1.57 bits per heavy atom. The number of hydrogen-bond acceptors (Lipinski definition) is 4. The van der Waals surface area contributed by atoms with Crippen LogP contribution in [0.15, 0.2) is 18.3 Å². The monoisotopic (exact) mass is 213 g/mol. The molecule has 72 valence electrons. The van der Waals surface area contributed by atoms with Gasteiger partial charge in [-0.25, -0.2) is 0 Å². The third-order valence-electron chi connectivity index (χ3n) is 1.77. The molecule has 0 aliphatic carbocycles. The van der Waals surface area contributed by atoms with Crippen molar-refractivity contribution in [2.24, 2.45) is 0 Å². The molecule has 6 nitrogen and oxygen atoms in total. The number of benzene rings is 1. The molecule has 0 aliphatic heterocycles. The molecule has 0 atom stereocenters. The molecule has 1 heterocycles. The molecule has 0 saturated carbocycles. The lowest BCUT2D eigenvalue weighted by atomic mass is 10.2. The summed E-state index contributed by atoms with van der Waals surface area (Å²) in [6.07, 6.45) is 1.26. The van der Waals surface area contributed by atoms with Crippen LogP contribution in [0.1, 0.15) is 0 Å². The van der Waals surface area contributed by atoms with Crippen molar-refractivity contribution >= 4 is 28.2 Å². The predicted octanol–water partition coefficient (Wildman–Crippen LogP) is 1.84. The van der Waals surface area contributed by atoms with E-state index in [0.717, 1.165) is 0 Å². The van der Waals surface area contributed by atoms with Crippen molar-refractivity contribution in [2.75, 3.05) is 0 Å². The maximum atomic E-state index is 10.6. The summed E-state index contributed by atoms with van der Waals surface area (Å²) in [5.41, 5.74) is -0.220. The summed E-state index contributed by atoms with van der Waals surface area (Å²) in [5.74, 6) is 0. The molecule has 2 rings (SSSR count). The molecule has 2 aromatic rings. The van der Waals surface area contributed by atoms with Gasteiger partial charge in [0.25, 0.3) is 0 Å². The molecular weight excluding hydrogens is 210 g/mol. The molecule has 0 unspecified atom stereocenters. The Hall–Kier alpha value is -1.82. The Morgan fingerprint density at radius 2 is 2.29 bits per heavy atom. The standard InChI is InChI=1S/C7H4ClN3O3/c8-5-2-1-4-3-10(12)9-6(4)7(5)11(13)14/h1-3,12H. The second-order valence-electron chi connectivity index (χ2n) is 2.64. The molecule has 0 saturated heterocycles. The molecular formula is C7H4ClN3O3. The van der Waals surface area contributed by atoms with Gasteiger partial charge in [-0.3, -0.25) is 10.1 Å². The Bertz CT molecular complexity index is 522. The van der Waals surface area contributed by atoms with Crippen LogP contribution in [0.4, 0.5) is 5.69 Å². The van der Waals surface area contributed by atoms with Gasteiger partial charge in [0.2, 0.25) is 0 Å². The molecule has 0 spiro atoms. The van der Waals surface area contributed by atoms with Crippen LogP contribution in [0.3, 0.4) is 0 Å². The van der Waals surface area contributed by atoms with E-state index in [1.54, 1.807) is 6.07 Å². The highest BCUT2D eigenvalue weighted by atomic mass is 35.5. The van der Waals surface area contributed by atoms with Gasteiger partial charge in [-0.15, -0.1) is 9.94 Å². The van der Waals surface area contributed by atoms with Crippen LogP contribution in [0.2, 0.25) is 5.02 Å². The summed E-state index contributed by atoms with van der Waals surface area (Å²) in [4.78, 5) is 10.5. The Morgan fingerprint density at radius 3 is 2.93 bits per heavy atom. The number of rotatable bonds is 1. The lowest BCUT2D eigenvalue weighted by Crippen LogP contribution is -1.92. The normalized spacial score (nSPS) is 10.6. The van der Waals surface area contributed by atoms with E-state index in [2.05, 4.69) is 5.10 Å². The van der Waals surface area contributed by atoms with Crippen LogP contribution >= 0.6 is 11.6 Å². The number of nitro benzene ring substituents is 1. The lowest BCUT2D eigenvalue weighted by molar-refractivity contribution is -0.383. The third kappa shape index (κ3) is 1.16. The first kappa shape index (κ1) is 8.76. The van der Waals surface area contributed by atoms with E-state index in [1.165, 1.54) is 12.3 Å². The van der Waals surface area contributed by atoms with Crippen molar-refractivity contribution in [2.45, 2.75) is 0 Å². The van der Waals surface area contributed by atoms with Crippen molar-refractivity contribution in [3.8, 4) is 0 Å². The first-order valence-corrected chi connectivity index (χ1v) is 3.99. The van der Waals surface area contributed by atoms with Gasteiger partial charge in [-0.05, 0) is 12.1 Å². The summed E-state index contributed by atoms with van der Waals surface area (Å²) in [7, 11) is 0. The third-order valence-corrected chi connectivity index (χ3v) is 2.08. The van der Waals surface area contributed by atoms with E-state index in [9.17, 15) is 10.1 Å². The summed E-state index contributed by atoms with van der Waals surface area (Å²) in [5, 5.41) is 23.6. The number of nitrogens with zero attached hydrogens (tertiary/aromatic N) is 3. The molecule has 0 aliphatic rings. The molecule has 0 bridgehead atoms. The topological polar surface area (TPSA) is 81.2 Å². The highest BCUT2D eigenvalue weighted by molar-refractivity contribution is 6.33. The van der Waals surface area contributed by atoms with Crippen molar-refractivity contribution in [3.05, 3.63) is 33.5 Å². The van der Waals surface area contributed by atoms with E-state index in [-0.39, 0.29) is 16.2 Å². The zero-order valence-electron chi connectivity index (χ0n) is 6.72. The van der Waals surface area contributed by atoms with Crippen LogP contribution in [0, 0.1) is 10.1 Å². The lowest BCUT2D eigenvalue weighted by Gasteiger charge is -1.94. The summed E-state index contributed by atoms with van der Waals surface area (Å²) in [6, 6.07) is 2.94. The van der Waals surface area contributed by atoms with E-state index in [1.807, 2.05) is 0 Å². The fourth-order valence-electron chi connectivity index (χ4n) is 1.21. The maximum Gasteiger partial charge on any atom is 0.315 e. The zero-order chi connectivity index (χ0) is 10.3. The minimum absolute atomic E-state index is 0.00111. The van der Waals surface area contributed by atoms with Gasteiger partial charge < -0.3 is 5.21 Å². The zero-order valence-corrected chi connectivity index (χ0v) is 7.47. The van der Waals surface area contributed by atoms with Gasteiger partial charge in [0, 0.05) is 5.39 Å². The largest absolute Gasteiger partial charge is 0.412 e. The minimum atomic E-state index is -0.627. The highest BCUT2D eigenvalue weighted by Crippen LogP contribution is 2.31. The number of halogens is 1. The van der Waals surface area contributed by atoms with E-state index in [4.69, 9.17) is 16.8 Å². The summed E-state index contributed by atoms with van der Waals surface area (Å²) in [6.45, 7) is 0. The van der Waals surface area contributed by atoms with Crippen LogP contribution in [0.25, 0.3) is 10.9 Å². The SMILES string of the molecule is O=[N+]([O-])c1c(Cl)ccc2cn(O)nc12. The van der Waals surface area contributed by atoms with Crippen molar-refractivity contribution < 1.29 is 10.1 Å². The predicted molar refractivity (Wildman–Crippen MR) is 48.6 cm³/mol. The molecule has 7 heteroatoms. The van der Waals surface area contributed by atoms with E-state index < -0.39 is 4.92 Å². The molecule has 0 radical (unpaired) electrons. The average molecular weight is 214 g/mol. The highest BCUT2D eigenvalue weighted by Gasteiger charge is 2.19. The first-order valence-electron chi connectivity index (χ1n) is 3.61. The average Bonchev–Trinajstić information content (AvgIpc) is 2.43. The Labute approximate surface area is 82.4 Å². The van der Waals surface area contributed by atoms with Gasteiger partial charge in [0.1, 0.15) is 5.02 Å². The van der Waals surface area contributed by atoms with Crippen molar-refractivity contribution in [1.29, 1.82) is 0 Å². The van der Waals surface area contributed by atoms with Crippen LogP contribution in [-0.2, 0) is 0 Å². The second kappa shape index (κ2) is 2.85. The van der Waals surface area contributed by atoms with Gasteiger partial charge in [0.05, 0.1) is 11.1 Å². The minimum Gasteiger partial charge on any atom is -0.412 e. The first-order chi connectivity index (χ1) is 6.59. The molecule has 0 fully saturated rings. The quantitative estimate of drug-likeness (QED) is 0.445. The van der Waals surface area contributed by atoms with Gasteiger partial charge in [-0.1, -0.05) is 11.6 Å². The maximum absolute atomic E-state index is 10.6.